The van der Waals surface area contributed by atoms with Gasteiger partial charge in [-0.3, -0.25) is 0 Å². The summed E-state index contributed by atoms with van der Waals surface area (Å²) in [6.07, 6.45) is 0. The molecular formula is C15H24Ge. The van der Waals surface area contributed by atoms with Gasteiger partial charge in [-0.15, -0.1) is 0 Å². The first kappa shape index (κ1) is 13.6. The molecule has 0 radical (unpaired) electrons. The Morgan fingerprint density at radius 3 is 1.94 bits per heavy atom. The molecule has 1 heteroatoms. The van der Waals surface area contributed by atoms with Gasteiger partial charge < -0.3 is 0 Å². The van der Waals surface area contributed by atoms with Gasteiger partial charge in [-0.25, -0.2) is 0 Å². The molecule has 0 saturated heterocycles. The standard InChI is InChI=1S/C15H24Ge/c1-5-16(6-2,7-3)13-14(4)15-11-9-8-10-12-15/h8-13H,5-7H2,1-4H3/b14-13+. The summed E-state index contributed by atoms with van der Waals surface area (Å²) in [6.45, 7) is 9.40. The molecule has 0 spiro atoms. The van der Waals surface area contributed by atoms with Gasteiger partial charge in [0.15, 0.2) is 0 Å². The van der Waals surface area contributed by atoms with Gasteiger partial charge in [0.2, 0.25) is 0 Å². The van der Waals surface area contributed by atoms with Crippen LogP contribution in [0.2, 0.25) is 15.8 Å². The van der Waals surface area contributed by atoms with Gasteiger partial charge in [0.05, 0.1) is 0 Å². The molecule has 0 fully saturated rings. The molecular weight excluding hydrogens is 253 g/mol. The van der Waals surface area contributed by atoms with E-state index in [1.807, 2.05) is 0 Å². The van der Waals surface area contributed by atoms with E-state index in [-0.39, 0.29) is 0 Å². The van der Waals surface area contributed by atoms with Crippen LogP contribution in [0, 0.1) is 0 Å². The van der Waals surface area contributed by atoms with Crippen LogP contribution in [-0.4, -0.2) is 13.3 Å². The Bertz CT molecular complexity index is 325. The van der Waals surface area contributed by atoms with Crippen molar-refractivity contribution in [3.8, 4) is 0 Å². The predicted molar refractivity (Wildman–Crippen MR) is 77.3 cm³/mol. The number of benzene rings is 1. The summed E-state index contributed by atoms with van der Waals surface area (Å²) in [6, 6.07) is 10.8. The molecule has 16 heavy (non-hydrogen) atoms. The molecule has 0 heterocycles. The molecule has 0 aliphatic rings. The summed E-state index contributed by atoms with van der Waals surface area (Å²) in [4.78, 5) is 2.66. The van der Waals surface area contributed by atoms with Crippen LogP contribution in [0.4, 0.5) is 0 Å². The Labute approximate surface area is 103 Å². The first-order valence-electron chi connectivity index (χ1n) is 6.42. The van der Waals surface area contributed by atoms with Crippen LogP contribution in [0.3, 0.4) is 0 Å². The molecule has 0 aliphatic heterocycles. The normalized spacial score (nSPS) is 12.9. The molecule has 0 nitrogen and oxygen atoms in total. The molecule has 0 saturated carbocycles. The summed E-state index contributed by atoms with van der Waals surface area (Å²) in [5.41, 5.74) is 2.89. The van der Waals surface area contributed by atoms with Crippen LogP contribution in [0.15, 0.2) is 35.2 Å². The van der Waals surface area contributed by atoms with Crippen LogP contribution >= 0.6 is 0 Å². The molecule has 0 unspecified atom stereocenters. The molecule has 1 aromatic carbocycles. The number of hydrogen-bond donors (Lipinski definition) is 0. The third-order valence-corrected chi connectivity index (χ3v) is 14.9. The van der Waals surface area contributed by atoms with Crippen LogP contribution in [0.5, 0.6) is 0 Å². The third-order valence-electron chi connectivity index (χ3n) is 3.86. The van der Waals surface area contributed by atoms with E-state index in [1.165, 1.54) is 26.9 Å². The van der Waals surface area contributed by atoms with Gasteiger partial charge in [-0.1, -0.05) is 0 Å². The van der Waals surface area contributed by atoms with Crippen molar-refractivity contribution in [2.75, 3.05) is 0 Å². The van der Waals surface area contributed by atoms with Gasteiger partial charge in [-0.05, 0) is 0 Å². The number of allylic oxidation sites excluding steroid dienone is 1. The molecule has 1 rings (SSSR count). The minimum absolute atomic E-state index is 1.40. The zero-order valence-corrected chi connectivity index (χ0v) is 13.2. The summed E-state index contributed by atoms with van der Waals surface area (Å²) in [5.74, 6) is 0. The van der Waals surface area contributed by atoms with Gasteiger partial charge >= 0.3 is 103 Å². The van der Waals surface area contributed by atoms with Crippen molar-refractivity contribution in [1.29, 1.82) is 0 Å². The number of hydrogen-bond acceptors (Lipinski definition) is 0. The fraction of sp³-hybridized carbons (Fsp3) is 0.467. The van der Waals surface area contributed by atoms with Crippen LogP contribution < -0.4 is 0 Å². The van der Waals surface area contributed by atoms with E-state index in [9.17, 15) is 0 Å². The maximum absolute atomic E-state index is 2.66. The molecule has 0 N–H and O–H groups in total. The van der Waals surface area contributed by atoms with Crippen molar-refractivity contribution in [1.82, 2.24) is 0 Å². The second kappa shape index (κ2) is 6.29. The zero-order chi connectivity index (χ0) is 12.0. The van der Waals surface area contributed by atoms with Crippen molar-refractivity contribution in [2.45, 2.75) is 43.5 Å². The van der Waals surface area contributed by atoms with Gasteiger partial charge in [0, 0.05) is 0 Å². The monoisotopic (exact) mass is 278 g/mol. The Kier molecular flexibility index (Phi) is 5.33. The Hall–Kier alpha value is -0.497. The van der Waals surface area contributed by atoms with E-state index >= 15 is 0 Å². The molecule has 1 aromatic rings. The molecule has 0 amide bonds. The zero-order valence-electron chi connectivity index (χ0n) is 11.1. The summed E-state index contributed by atoms with van der Waals surface area (Å²) >= 11 is -1.66. The van der Waals surface area contributed by atoms with Gasteiger partial charge in [0.1, 0.15) is 0 Å². The molecule has 0 aromatic heterocycles. The average molecular weight is 277 g/mol. The predicted octanol–water partition coefficient (Wildman–Crippen LogP) is 5.14. The average Bonchev–Trinajstić information content (AvgIpc) is 2.37. The fourth-order valence-corrected chi connectivity index (χ4v) is 9.01. The summed E-state index contributed by atoms with van der Waals surface area (Å²) in [5, 5.41) is 4.24. The first-order chi connectivity index (χ1) is 7.67. The quantitative estimate of drug-likeness (QED) is 0.654. The second-order valence-electron chi connectivity index (χ2n) is 4.62. The van der Waals surface area contributed by atoms with E-state index in [0.717, 1.165) is 0 Å². The van der Waals surface area contributed by atoms with E-state index in [0.29, 0.717) is 0 Å². The Morgan fingerprint density at radius 2 is 1.50 bits per heavy atom. The van der Waals surface area contributed by atoms with Crippen molar-refractivity contribution in [2.24, 2.45) is 0 Å². The van der Waals surface area contributed by atoms with Crippen molar-refractivity contribution in [3.63, 3.8) is 0 Å². The SMILES string of the molecule is C[CH2][Ge](/[CH]=C(\C)c1ccccc1)([CH2]C)[CH2]C. The fourth-order valence-electron chi connectivity index (χ4n) is 2.30. The molecule has 88 valence electrons. The van der Waals surface area contributed by atoms with E-state index in [2.05, 4.69) is 62.9 Å². The maximum atomic E-state index is 2.66. The molecule has 0 bridgehead atoms. The van der Waals surface area contributed by atoms with Crippen LogP contribution in [0.25, 0.3) is 5.57 Å². The van der Waals surface area contributed by atoms with Crippen LogP contribution in [-0.2, 0) is 0 Å². The van der Waals surface area contributed by atoms with Gasteiger partial charge in [0.25, 0.3) is 0 Å². The second-order valence-corrected chi connectivity index (χ2v) is 15.4. The number of rotatable bonds is 5. The summed E-state index contributed by atoms with van der Waals surface area (Å²) in [7, 11) is 0. The minimum atomic E-state index is -1.66. The Balaban J connectivity index is 2.99. The van der Waals surface area contributed by atoms with Gasteiger partial charge in [-0.2, -0.15) is 0 Å². The van der Waals surface area contributed by atoms with Crippen molar-refractivity contribution < 1.29 is 0 Å². The van der Waals surface area contributed by atoms with Crippen molar-refractivity contribution >= 4 is 18.8 Å². The van der Waals surface area contributed by atoms with E-state index < -0.39 is 13.3 Å². The van der Waals surface area contributed by atoms with Crippen LogP contribution in [0.1, 0.15) is 33.3 Å². The Morgan fingerprint density at radius 1 is 1.00 bits per heavy atom. The third kappa shape index (κ3) is 3.25. The van der Waals surface area contributed by atoms with E-state index in [4.69, 9.17) is 0 Å². The topological polar surface area (TPSA) is 0 Å². The summed E-state index contributed by atoms with van der Waals surface area (Å²) < 4.78 is 0. The van der Waals surface area contributed by atoms with E-state index in [1.54, 1.807) is 0 Å². The first-order valence-corrected chi connectivity index (χ1v) is 12.1. The molecule has 0 aliphatic carbocycles. The van der Waals surface area contributed by atoms with Crippen molar-refractivity contribution in [3.05, 3.63) is 40.8 Å². The molecule has 0 atom stereocenters.